The molecule has 21 heavy (non-hydrogen) atoms. The zero-order valence-electron chi connectivity index (χ0n) is 12.3. The Morgan fingerprint density at radius 1 is 1.43 bits per heavy atom. The fourth-order valence-electron chi connectivity index (χ4n) is 2.74. The number of nitrogens with zero attached hydrogens (tertiary/aromatic N) is 3. The van der Waals surface area contributed by atoms with Crippen LogP contribution in [0.2, 0.25) is 0 Å². The molecule has 0 bridgehead atoms. The second-order valence-corrected chi connectivity index (χ2v) is 5.30. The summed E-state index contributed by atoms with van der Waals surface area (Å²) in [5.41, 5.74) is 0.0779. The first-order chi connectivity index (χ1) is 10.0. The first-order valence-electron chi connectivity index (χ1n) is 7.14. The van der Waals surface area contributed by atoms with E-state index in [-0.39, 0.29) is 23.2 Å². The van der Waals surface area contributed by atoms with E-state index in [2.05, 4.69) is 10.3 Å². The van der Waals surface area contributed by atoms with Crippen molar-refractivity contribution < 1.29 is 9.72 Å². The number of pyridine rings is 1. The number of nitro groups is 1. The summed E-state index contributed by atoms with van der Waals surface area (Å²) in [6.07, 6.45) is 6.57. The predicted octanol–water partition coefficient (Wildman–Crippen LogP) is 2.44. The molecule has 2 rings (SSSR count). The summed E-state index contributed by atoms with van der Waals surface area (Å²) in [6.45, 7) is 0. The van der Waals surface area contributed by atoms with Crippen LogP contribution in [0.5, 0.6) is 0 Å². The van der Waals surface area contributed by atoms with Gasteiger partial charge < -0.3 is 10.2 Å². The van der Waals surface area contributed by atoms with E-state index in [0.717, 1.165) is 31.9 Å². The zero-order chi connectivity index (χ0) is 15.4. The minimum Gasteiger partial charge on any atom is -0.372 e. The fourth-order valence-corrected chi connectivity index (χ4v) is 2.74. The normalized spacial score (nSPS) is 15.5. The Labute approximate surface area is 123 Å². The molecular formula is C14H20N4O3. The van der Waals surface area contributed by atoms with E-state index in [0.29, 0.717) is 5.82 Å². The Morgan fingerprint density at radius 2 is 2.10 bits per heavy atom. The molecule has 1 aliphatic rings. The average molecular weight is 292 g/mol. The van der Waals surface area contributed by atoms with Crippen LogP contribution in [-0.4, -0.2) is 40.9 Å². The van der Waals surface area contributed by atoms with Gasteiger partial charge in [0.1, 0.15) is 12.0 Å². The van der Waals surface area contributed by atoms with Gasteiger partial charge in [0.15, 0.2) is 0 Å². The molecule has 0 aliphatic heterocycles. The van der Waals surface area contributed by atoms with Gasteiger partial charge in [0, 0.05) is 26.2 Å². The molecule has 0 unspecified atom stereocenters. The van der Waals surface area contributed by atoms with E-state index in [1.165, 1.54) is 12.5 Å². The van der Waals surface area contributed by atoms with Gasteiger partial charge in [-0.3, -0.25) is 14.9 Å². The highest BCUT2D eigenvalue weighted by Gasteiger charge is 2.26. The minimum atomic E-state index is -0.538. The van der Waals surface area contributed by atoms with Crippen LogP contribution < -0.4 is 5.32 Å². The van der Waals surface area contributed by atoms with Gasteiger partial charge >= 0.3 is 0 Å². The van der Waals surface area contributed by atoms with Crippen molar-refractivity contribution in [3.8, 4) is 0 Å². The van der Waals surface area contributed by atoms with Crippen LogP contribution in [0.15, 0.2) is 12.3 Å². The Morgan fingerprint density at radius 3 is 2.67 bits per heavy atom. The Hall–Kier alpha value is -2.18. The lowest BCUT2D eigenvalue weighted by Crippen LogP contribution is -2.38. The van der Waals surface area contributed by atoms with Gasteiger partial charge in [0.05, 0.1) is 10.5 Å². The van der Waals surface area contributed by atoms with Gasteiger partial charge in [-0.1, -0.05) is 19.3 Å². The van der Waals surface area contributed by atoms with Crippen LogP contribution in [0, 0.1) is 10.1 Å². The third-order valence-corrected chi connectivity index (χ3v) is 3.99. The van der Waals surface area contributed by atoms with Crippen molar-refractivity contribution >= 4 is 17.4 Å². The van der Waals surface area contributed by atoms with Gasteiger partial charge in [-0.2, -0.15) is 0 Å². The van der Waals surface area contributed by atoms with Crippen LogP contribution in [0.3, 0.4) is 0 Å². The van der Waals surface area contributed by atoms with E-state index in [4.69, 9.17) is 0 Å². The molecule has 1 aromatic rings. The highest BCUT2D eigenvalue weighted by atomic mass is 16.6. The van der Waals surface area contributed by atoms with Crippen molar-refractivity contribution in [1.29, 1.82) is 0 Å². The number of anilines is 1. The molecule has 1 aliphatic carbocycles. The van der Waals surface area contributed by atoms with Gasteiger partial charge in [-0.25, -0.2) is 4.98 Å². The van der Waals surface area contributed by atoms with Crippen molar-refractivity contribution in [1.82, 2.24) is 9.88 Å². The Balaban J connectivity index is 2.27. The molecule has 0 spiro atoms. The molecule has 114 valence electrons. The summed E-state index contributed by atoms with van der Waals surface area (Å²) in [6, 6.07) is 1.50. The first-order valence-corrected chi connectivity index (χ1v) is 7.14. The summed E-state index contributed by atoms with van der Waals surface area (Å²) in [7, 11) is 3.40. The fraction of sp³-hybridized carbons (Fsp3) is 0.571. The van der Waals surface area contributed by atoms with Crippen molar-refractivity contribution in [2.75, 3.05) is 19.4 Å². The van der Waals surface area contributed by atoms with Crippen LogP contribution in [0.25, 0.3) is 0 Å². The molecule has 0 atom stereocenters. The third-order valence-electron chi connectivity index (χ3n) is 3.99. The second-order valence-electron chi connectivity index (χ2n) is 5.30. The van der Waals surface area contributed by atoms with E-state index in [1.54, 1.807) is 19.0 Å². The standard InChI is InChI=1S/C14H20N4O3/c1-15-13-12(8-11(9-16-13)18(20)21)14(19)17(2)10-6-4-3-5-7-10/h8-10H,3-7H2,1-2H3,(H,15,16). The topological polar surface area (TPSA) is 88.4 Å². The predicted molar refractivity (Wildman–Crippen MR) is 79.4 cm³/mol. The molecule has 1 amide bonds. The number of hydrogen-bond donors (Lipinski definition) is 1. The second kappa shape index (κ2) is 6.51. The monoisotopic (exact) mass is 292 g/mol. The number of carbonyl (C=O) groups excluding carboxylic acids is 1. The van der Waals surface area contributed by atoms with Crippen molar-refractivity contribution in [2.45, 2.75) is 38.1 Å². The number of nitrogens with one attached hydrogen (secondary N) is 1. The summed E-state index contributed by atoms with van der Waals surface area (Å²) in [5, 5.41) is 13.7. The maximum absolute atomic E-state index is 12.6. The van der Waals surface area contributed by atoms with Gasteiger partial charge in [0.25, 0.3) is 11.6 Å². The number of aromatic nitrogens is 1. The lowest BCUT2D eigenvalue weighted by Gasteiger charge is -2.31. The first kappa shape index (κ1) is 15.2. The molecule has 1 aromatic heterocycles. The molecule has 7 heteroatoms. The molecule has 1 heterocycles. The SMILES string of the molecule is CNc1ncc([N+](=O)[O-])cc1C(=O)N(C)C1CCCCC1. The van der Waals surface area contributed by atoms with E-state index in [1.807, 2.05) is 0 Å². The quantitative estimate of drug-likeness (QED) is 0.680. The smallest absolute Gasteiger partial charge is 0.288 e. The van der Waals surface area contributed by atoms with E-state index >= 15 is 0 Å². The molecular weight excluding hydrogens is 272 g/mol. The van der Waals surface area contributed by atoms with Crippen LogP contribution in [0.4, 0.5) is 11.5 Å². The molecule has 1 fully saturated rings. The number of hydrogen-bond acceptors (Lipinski definition) is 5. The van der Waals surface area contributed by atoms with Gasteiger partial charge in [0.2, 0.25) is 0 Å². The van der Waals surface area contributed by atoms with E-state index in [9.17, 15) is 14.9 Å². The van der Waals surface area contributed by atoms with Crippen molar-refractivity contribution in [3.05, 3.63) is 27.9 Å². The van der Waals surface area contributed by atoms with Crippen LogP contribution >= 0.6 is 0 Å². The van der Waals surface area contributed by atoms with Gasteiger partial charge in [-0.05, 0) is 12.8 Å². The number of carbonyl (C=O) groups is 1. The zero-order valence-corrected chi connectivity index (χ0v) is 12.3. The third kappa shape index (κ3) is 3.29. The molecule has 1 N–H and O–H groups in total. The Kier molecular flexibility index (Phi) is 4.72. The molecule has 7 nitrogen and oxygen atoms in total. The van der Waals surface area contributed by atoms with Crippen molar-refractivity contribution in [3.63, 3.8) is 0 Å². The maximum atomic E-state index is 12.6. The molecule has 1 saturated carbocycles. The lowest BCUT2D eigenvalue weighted by molar-refractivity contribution is -0.385. The van der Waals surface area contributed by atoms with E-state index < -0.39 is 4.92 Å². The average Bonchev–Trinajstić information content (AvgIpc) is 2.53. The molecule has 0 radical (unpaired) electrons. The number of rotatable bonds is 4. The van der Waals surface area contributed by atoms with Crippen LogP contribution in [0.1, 0.15) is 42.5 Å². The number of amides is 1. The highest BCUT2D eigenvalue weighted by Crippen LogP contribution is 2.25. The largest absolute Gasteiger partial charge is 0.372 e. The molecule has 0 aromatic carbocycles. The summed E-state index contributed by atoms with van der Waals surface area (Å²) in [4.78, 5) is 28.6. The van der Waals surface area contributed by atoms with Crippen molar-refractivity contribution in [2.24, 2.45) is 0 Å². The molecule has 0 saturated heterocycles. The summed E-state index contributed by atoms with van der Waals surface area (Å²) in [5.74, 6) is 0.149. The summed E-state index contributed by atoms with van der Waals surface area (Å²) >= 11 is 0. The lowest BCUT2D eigenvalue weighted by atomic mass is 9.94. The Bertz CT molecular complexity index is 541. The maximum Gasteiger partial charge on any atom is 0.288 e. The van der Waals surface area contributed by atoms with Crippen LogP contribution in [-0.2, 0) is 0 Å². The minimum absolute atomic E-state index is 0.172. The summed E-state index contributed by atoms with van der Waals surface area (Å²) < 4.78 is 0. The highest BCUT2D eigenvalue weighted by molar-refractivity contribution is 5.99. The van der Waals surface area contributed by atoms with Gasteiger partial charge in [-0.15, -0.1) is 0 Å².